The Labute approximate surface area is 137 Å². The molecular formula is C14H22ClN3O3S. The molecule has 1 aromatic rings. The highest BCUT2D eigenvalue weighted by Crippen LogP contribution is 2.27. The summed E-state index contributed by atoms with van der Waals surface area (Å²) in [4.78, 5) is 12.0. The van der Waals surface area contributed by atoms with E-state index in [4.69, 9.17) is 10.9 Å². The second kappa shape index (κ2) is 7.92. The van der Waals surface area contributed by atoms with Crippen molar-refractivity contribution in [1.82, 2.24) is 0 Å². The predicted molar refractivity (Wildman–Crippen MR) is 89.1 cm³/mol. The zero-order valence-corrected chi connectivity index (χ0v) is 13.8. The van der Waals surface area contributed by atoms with E-state index in [1.54, 1.807) is 24.3 Å². The third kappa shape index (κ3) is 5.92. The minimum atomic E-state index is -3.58. The van der Waals surface area contributed by atoms with Gasteiger partial charge in [-0.2, -0.15) is 0 Å². The molecule has 6 nitrogen and oxygen atoms in total. The zero-order valence-electron chi connectivity index (χ0n) is 12.2. The standard InChI is InChI=1S/C14H21N3O3S.ClH/c15-13-6-2-4-11(13)8-14(18)17-12-5-1-3-10(7-12)9-21(16,19)20;/h1,3,5,7,11,13H,2,4,6,8-9,15H2,(H,17,18)(H2,16,19,20);1H/t11-,13+;/m0./s1. The van der Waals surface area contributed by atoms with Crippen molar-refractivity contribution in [2.75, 3.05) is 5.32 Å². The van der Waals surface area contributed by atoms with Crippen molar-refractivity contribution in [3.63, 3.8) is 0 Å². The number of hydrogen-bond donors (Lipinski definition) is 3. The Balaban J connectivity index is 0.00000242. The summed E-state index contributed by atoms with van der Waals surface area (Å²) in [5, 5.41) is 7.80. The summed E-state index contributed by atoms with van der Waals surface area (Å²) in [5.41, 5.74) is 7.08. The van der Waals surface area contributed by atoms with E-state index in [0.717, 1.165) is 19.3 Å². The fourth-order valence-corrected chi connectivity index (χ4v) is 3.38. The average molecular weight is 348 g/mol. The molecule has 0 radical (unpaired) electrons. The molecule has 5 N–H and O–H groups in total. The van der Waals surface area contributed by atoms with Gasteiger partial charge in [-0.3, -0.25) is 4.79 Å². The third-order valence-corrected chi connectivity index (χ3v) is 4.48. The molecule has 0 unspecified atom stereocenters. The van der Waals surface area contributed by atoms with Crippen LogP contribution >= 0.6 is 12.4 Å². The summed E-state index contributed by atoms with van der Waals surface area (Å²) in [6, 6.07) is 6.80. The first-order valence-electron chi connectivity index (χ1n) is 6.98. The van der Waals surface area contributed by atoms with Gasteiger partial charge in [0.15, 0.2) is 0 Å². The van der Waals surface area contributed by atoms with Gasteiger partial charge in [0.05, 0.1) is 5.75 Å². The Morgan fingerprint density at radius 3 is 2.64 bits per heavy atom. The number of nitrogens with one attached hydrogen (secondary N) is 1. The van der Waals surface area contributed by atoms with E-state index >= 15 is 0 Å². The molecule has 2 rings (SSSR count). The van der Waals surface area contributed by atoms with Crippen molar-refractivity contribution in [3.8, 4) is 0 Å². The van der Waals surface area contributed by atoms with Crippen molar-refractivity contribution in [1.29, 1.82) is 0 Å². The molecule has 1 amide bonds. The Morgan fingerprint density at radius 2 is 2.05 bits per heavy atom. The van der Waals surface area contributed by atoms with Crippen LogP contribution in [-0.2, 0) is 20.6 Å². The van der Waals surface area contributed by atoms with Crippen LogP contribution in [0.15, 0.2) is 24.3 Å². The van der Waals surface area contributed by atoms with Gasteiger partial charge in [0, 0.05) is 18.2 Å². The van der Waals surface area contributed by atoms with E-state index in [-0.39, 0.29) is 36.0 Å². The van der Waals surface area contributed by atoms with Crippen LogP contribution in [0, 0.1) is 5.92 Å². The number of anilines is 1. The number of nitrogens with two attached hydrogens (primary N) is 2. The molecule has 0 aromatic heterocycles. The molecule has 2 atom stereocenters. The summed E-state index contributed by atoms with van der Waals surface area (Å²) in [7, 11) is -3.58. The Kier molecular flexibility index (Phi) is 6.80. The molecule has 0 heterocycles. The highest BCUT2D eigenvalue weighted by atomic mass is 35.5. The monoisotopic (exact) mass is 347 g/mol. The summed E-state index contributed by atoms with van der Waals surface area (Å²) < 4.78 is 22.2. The number of halogens is 1. The molecule has 0 aliphatic heterocycles. The van der Waals surface area contributed by atoms with Crippen LogP contribution in [-0.4, -0.2) is 20.4 Å². The van der Waals surface area contributed by atoms with Crippen molar-refractivity contribution in [2.45, 2.75) is 37.5 Å². The van der Waals surface area contributed by atoms with Crippen LogP contribution in [0.1, 0.15) is 31.2 Å². The molecule has 8 heteroatoms. The van der Waals surface area contributed by atoms with Gasteiger partial charge >= 0.3 is 0 Å². The molecule has 1 aliphatic carbocycles. The second-order valence-electron chi connectivity index (χ2n) is 5.61. The summed E-state index contributed by atoms with van der Waals surface area (Å²) in [5.74, 6) is -0.104. The number of rotatable bonds is 5. The normalized spacial score (nSPS) is 21.2. The van der Waals surface area contributed by atoms with Gasteiger partial charge in [0.1, 0.15) is 0 Å². The third-order valence-electron chi connectivity index (χ3n) is 3.74. The molecule has 1 aromatic carbocycles. The lowest BCUT2D eigenvalue weighted by molar-refractivity contribution is -0.117. The maximum atomic E-state index is 12.0. The lowest BCUT2D eigenvalue weighted by Gasteiger charge is -2.15. The number of hydrogen-bond acceptors (Lipinski definition) is 4. The van der Waals surface area contributed by atoms with E-state index in [2.05, 4.69) is 5.32 Å². The summed E-state index contributed by atoms with van der Waals surface area (Å²) in [6.45, 7) is 0. The molecule has 0 spiro atoms. The number of benzene rings is 1. The lowest BCUT2D eigenvalue weighted by Crippen LogP contribution is -2.28. The largest absolute Gasteiger partial charge is 0.327 e. The molecular weight excluding hydrogens is 326 g/mol. The second-order valence-corrected chi connectivity index (χ2v) is 7.23. The van der Waals surface area contributed by atoms with Crippen LogP contribution in [0.4, 0.5) is 5.69 Å². The van der Waals surface area contributed by atoms with Crippen molar-refractivity contribution in [3.05, 3.63) is 29.8 Å². The van der Waals surface area contributed by atoms with E-state index in [9.17, 15) is 13.2 Å². The fraction of sp³-hybridized carbons (Fsp3) is 0.500. The molecule has 22 heavy (non-hydrogen) atoms. The Bertz CT molecular complexity index is 622. The van der Waals surface area contributed by atoms with E-state index in [1.165, 1.54) is 0 Å². The predicted octanol–water partition coefficient (Wildman–Crippen LogP) is 1.35. The molecule has 124 valence electrons. The highest BCUT2D eigenvalue weighted by Gasteiger charge is 2.26. The van der Waals surface area contributed by atoms with Crippen LogP contribution in [0.3, 0.4) is 0 Å². The van der Waals surface area contributed by atoms with Crippen LogP contribution < -0.4 is 16.2 Å². The maximum Gasteiger partial charge on any atom is 0.224 e. The first kappa shape index (κ1) is 18.9. The lowest BCUT2D eigenvalue weighted by atomic mass is 10.00. The maximum absolute atomic E-state index is 12.0. The van der Waals surface area contributed by atoms with Crippen molar-refractivity contribution >= 4 is 34.0 Å². The smallest absolute Gasteiger partial charge is 0.224 e. The van der Waals surface area contributed by atoms with E-state index < -0.39 is 10.0 Å². The molecule has 1 saturated carbocycles. The summed E-state index contributed by atoms with van der Waals surface area (Å²) >= 11 is 0. The first-order valence-corrected chi connectivity index (χ1v) is 8.70. The molecule has 0 saturated heterocycles. The van der Waals surface area contributed by atoms with Gasteiger partial charge < -0.3 is 11.1 Å². The zero-order chi connectivity index (χ0) is 15.5. The van der Waals surface area contributed by atoms with Gasteiger partial charge in [-0.1, -0.05) is 18.6 Å². The van der Waals surface area contributed by atoms with Gasteiger partial charge in [-0.25, -0.2) is 13.6 Å². The van der Waals surface area contributed by atoms with E-state index in [0.29, 0.717) is 17.7 Å². The quantitative estimate of drug-likeness (QED) is 0.745. The minimum Gasteiger partial charge on any atom is -0.327 e. The van der Waals surface area contributed by atoms with E-state index in [1.807, 2.05) is 0 Å². The number of primary sulfonamides is 1. The molecule has 0 bridgehead atoms. The van der Waals surface area contributed by atoms with Crippen LogP contribution in [0.25, 0.3) is 0 Å². The topological polar surface area (TPSA) is 115 Å². The summed E-state index contributed by atoms with van der Waals surface area (Å²) in [6.07, 6.45) is 3.44. The van der Waals surface area contributed by atoms with Crippen molar-refractivity contribution in [2.24, 2.45) is 16.8 Å². The number of carbonyl (C=O) groups is 1. The first-order chi connectivity index (χ1) is 9.83. The minimum absolute atomic E-state index is 0. The van der Waals surface area contributed by atoms with Crippen molar-refractivity contribution < 1.29 is 13.2 Å². The highest BCUT2D eigenvalue weighted by molar-refractivity contribution is 7.88. The SMILES string of the molecule is Cl.N[C@@H]1CCC[C@H]1CC(=O)Nc1cccc(CS(N)(=O)=O)c1. The van der Waals surface area contributed by atoms with Gasteiger partial charge in [-0.15, -0.1) is 12.4 Å². The number of sulfonamides is 1. The van der Waals surface area contributed by atoms with Crippen LogP contribution in [0.2, 0.25) is 0 Å². The number of carbonyl (C=O) groups excluding carboxylic acids is 1. The van der Waals surface area contributed by atoms with Gasteiger partial charge in [-0.05, 0) is 36.5 Å². The Morgan fingerprint density at radius 1 is 1.32 bits per heavy atom. The molecule has 1 fully saturated rings. The van der Waals surface area contributed by atoms with Gasteiger partial charge in [0.25, 0.3) is 0 Å². The molecule has 1 aliphatic rings. The Hall–Kier alpha value is -1.15. The van der Waals surface area contributed by atoms with Gasteiger partial charge in [0.2, 0.25) is 15.9 Å². The van der Waals surface area contributed by atoms with Crippen LogP contribution in [0.5, 0.6) is 0 Å². The fourth-order valence-electron chi connectivity index (χ4n) is 2.74. The average Bonchev–Trinajstić information content (AvgIpc) is 2.73. The number of amides is 1.